The van der Waals surface area contributed by atoms with Gasteiger partial charge in [0.05, 0.1) is 12.2 Å². The number of amides is 1. The highest BCUT2D eigenvalue weighted by atomic mass is 32.1. The third-order valence-corrected chi connectivity index (χ3v) is 4.01. The SMILES string of the molecule is O=C(NCc1ccccn1)c1cccc(-c2cccs2)c1. The smallest absolute Gasteiger partial charge is 0.251 e. The monoisotopic (exact) mass is 294 g/mol. The second-order valence-corrected chi connectivity index (χ2v) is 5.51. The average molecular weight is 294 g/mol. The number of carbonyl (C=O) groups is 1. The van der Waals surface area contributed by atoms with Gasteiger partial charge < -0.3 is 5.32 Å². The van der Waals surface area contributed by atoms with Crippen molar-refractivity contribution in [2.75, 3.05) is 0 Å². The Kier molecular flexibility index (Phi) is 4.07. The maximum atomic E-state index is 12.2. The molecule has 21 heavy (non-hydrogen) atoms. The number of thiophene rings is 1. The van der Waals surface area contributed by atoms with Gasteiger partial charge in [0.25, 0.3) is 5.91 Å². The molecule has 2 aromatic heterocycles. The number of hydrogen-bond donors (Lipinski definition) is 1. The zero-order valence-corrected chi connectivity index (χ0v) is 12.1. The zero-order valence-electron chi connectivity index (χ0n) is 11.3. The molecule has 0 atom stereocenters. The maximum Gasteiger partial charge on any atom is 0.251 e. The molecule has 2 heterocycles. The summed E-state index contributed by atoms with van der Waals surface area (Å²) >= 11 is 1.66. The molecule has 104 valence electrons. The number of rotatable bonds is 4. The summed E-state index contributed by atoms with van der Waals surface area (Å²) < 4.78 is 0. The lowest BCUT2D eigenvalue weighted by Gasteiger charge is -2.06. The van der Waals surface area contributed by atoms with Crippen molar-refractivity contribution in [3.05, 3.63) is 77.4 Å². The van der Waals surface area contributed by atoms with E-state index in [0.717, 1.165) is 16.1 Å². The van der Waals surface area contributed by atoms with Crippen LogP contribution in [-0.4, -0.2) is 10.9 Å². The van der Waals surface area contributed by atoms with Gasteiger partial charge in [-0.1, -0.05) is 24.3 Å². The van der Waals surface area contributed by atoms with Gasteiger partial charge >= 0.3 is 0 Å². The predicted octanol–water partition coefficient (Wildman–Crippen LogP) is 3.74. The summed E-state index contributed by atoms with van der Waals surface area (Å²) in [5, 5.41) is 4.92. The van der Waals surface area contributed by atoms with Crippen molar-refractivity contribution in [1.82, 2.24) is 10.3 Å². The quantitative estimate of drug-likeness (QED) is 0.796. The molecule has 1 amide bonds. The molecule has 0 aliphatic heterocycles. The third kappa shape index (κ3) is 3.35. The summed E-state index contributed by atoms with van der Waals surface area (Å²) in [6, 6.07) is 17.4. The van der Waals surface area contributed by atoms with Gasteiger partial charge in [-0.3, -0.25) is 9.78 Å². The van der Waals surface area contributed by atoms with Crippen molar-refractivity contribution in [3.63, 3.8) is 0 Å². The van der Waals surface area contributed by atoms with Crippen LogP contribution in [0, 0.1) is 0 Å². The highest BCUT2D eigenvalue weighted by Crippen LogP contribution is 2.25. The van der Waals surface area contributed by atoms with Gasteiger partial charge in [-0.15, -0.1) is 11.3 Å². The molecule has 0 radical (unpaired) electrons. The van der Waals surface area contributed by atoms with E-state index < -0.39 is 0 Å². The number of nitrogens with zero attached hydrogens (tertiary/aromatic N) is 1. The van der Waals surface area contributed by atoms with Crippen LogP contribution in [0.5, 0.6) is 0 Å². The van der Waals surface area contributed by atoms with Crippen LogP contribution in [0.3, 0.4) is 0 Å². The number of aromatic nitrogens is 1. The van der Waals surface area contributed by atoms with Gasteiger partial charge in [0.2, 0.25) is 0 Å². The first-order chi connectivity index (χ1) is 10.3. The molecule has 1 N–H and O–H groups in total. The van der Waals surface area contributed by atoms with Gasteiger partial charge in [0, 0.05) is 16.6 Å². The van der Waals surface area contributed by atoms with E-state index in [1.54, 1.807) is 17.5 Å². The Bertz CT molecular complexity index is 724. The lowest BCUT2D eigenvalue weighted by Crippen LogP contribution is -2.23. The van der Waals surface area contributed by atoms with Gasteiger partial charge in [-0.25, -0.2) is 0 Å². The first-order valence-corrected chi connectivity index (χ1v) is 7.53. The second-order valence-electron chi connectivity index (χ2n) is 4.56. The molecule has 0 aliphatic carbocycles. The largest absolute Gasteiger partial charge is 0.346 e. The van der Waals surface area contributed by atoms with Crippen LogP contribution in [0.15, 0.2) is 66.2 Å². The predicted molar refractivity (Wildman–Crippen MR) is 85.2 cm³/mol. The highest BCUT2D eigenvalue weighted by Gasteiger charge is 2.07. The van der Waals surface area contributed by atoms with E-state index in [1.807, 2.05) is 53.9 Å². The normalized spacial score (nSPS) is 10.3. The molecule has 0 saturated heterocycles. The van der Waals surface area contributed by atoms with E-state index in [-0.39, 0.29) is 5.91 Å². The van der Waals surface area contributed by atoms with E-state index in [2.05, 4.69) is 16.4 Å². The van der Waals surface area contributed by atoms with Crippen molar-refractivity contribution >= 4 is 17.2 Å². The van der Waals surface area contributed by atoms with Crippen LogP contribution in [0.1, 0.15) is 16.1 Å². The van der Waals surface area contributed by atoms with Crippen molar-refractivity contribution in [3.8, 4) is 10.4 Å². The molecular weight excluding hydrogens is 280 g/mol. The Morgan fingerprint density at radius 1 is 1.10 bits per heavy atom. The van der Waals surface area contributed by atoms with Crippen LogP contribution >= 0.6 is 11.3 Å². The standard InChI is InChI=1S/C17H14N2OS/c20-17(19-12-15-7-1-2-9-18-15)14-6-3-5-13(11-14)16-8-4-10-21-16/h1-11H,12H2,(H,19,20). The van der Waals surface area contributed by atoms with Gasteiger partial charge in [-0.05, 0) is 41.3 Å². The molecule has 0 spiro atoms. The van der Waals surface area contributed by atoms with Gasteiger partial charge in [0.15, 0.2) is 0 Å². The van der Waals surface area contributed by atoms with Crippen LogP contribution in [0.4, 0.5) is 0 Å². The van der Waals surface area contributed by atoms with Crippen LogP contribution in [0.25, 0.3) is 10.4 Å². The number of hydrogen-bond acceptors (Lipinski definition) is 3. The minimum atomic E-state index is -0.0842. The molecule has 0 aliphatic rings. The van der Waals surface area contributed by atoms with Crippen LogP contribution in [0.2, 0.25) is 0 Å². The summed E-state index contributed by atoms with van der Waals surface area (Å²) in [6.45, 7) is 0.433. The van der Waals surface area contributed by atoms with Gasteiger partial charge in [-0.2, -0.15) is 0 Å². The Morgan fingerprint density at radius 2 is 2.05 bits per heavy atom. The molecular formula is C17H14N2OS. The topological polar surface area (TPSA) is 42.0 Å². The van der Waals surface area contributed by atoms with E-state index in [1.165, 1.54) is 0 Å². The van der Waals surface area contributed by atoms with E-state index in [0.29, 0.717) is 12.1 Å². The Hall–Kier alpha value is -2.46. The van der Waals surface area contributed by atoms with E-state index >= 15 is 0 Å². The molecule has 3 rings (SSSR count). The average Bonchev–Trinajstić information content (AvgIpc) is 3.08. The summed E-state index contributed by atoms with van der Waals surface area (Å²) in [4.78, 5) is 17.6. The van der Waals surface area contributed by atoms with Crippen molar-refractivity contribution in [2.45, 2.75) is 6.54 Å². The fourth-order valence-electron chi connectivity index (χ4n) is 2.03. The minimum absolute atomic E-state index is 0.0842. The Morgan fingerprint density at radius 3 is 2.81 bits per heavy atom. The zero-order chi connectivity index (χ0) is 14.5. The minimum Gasteiger partial charge on any atom is -0.346 e. The molecule has 3 aromatic rings. The summed E-state index contributed by atoms with van der Waals surface area (Å²) in [5.74, 6) is -0.0842. The van der Waals surface area contributed by atoms with Crippen LogP contribution in [-0.2, 0) is 6.54 Å². The van der Waals surface area contributed by atoms with E-state index in [4.69, 9.17) is 0 Å². The molecule has 0 fully saturated rings. The lowest BCUT2D eigenvalue weighted by atomic mass is 10.1. The van der Waals surface area contributed by atoms with Crippen molar-refractivity contribution < 1.29 is 4.79 Å². The third-order valence-electron chi connectivity index (χ3n) is 3.09. The molecule has 0 unspecified atom stereocenters. The van der Waals surface area contributed by atoms with Crippen molar-refractivity contribution in [1.29, 1.82) is 0 Å². The lowest BCUT2D eigenvalue weighted by molar-refractivity contribution is 0.0950. The first kappa shape index (κ1) is 13.5. The van der Waals surface area contributed by atoms with Crippen molar-refractivity contribution in [2.24, 2.45) is 0 Å². The fraction of sp³-hybridized carbons (Fsp3) is 0.0588. The second kappa shape index (κ2) is 6.33. The first-order valence-electron chi connectivity index (χ1n) is 6.65. The molecule has 3 nitrogen and oxygen atoms in total. The number of pyridine rings is 1. The molecule has 0 saturated carbocycles. The summed E-state index contributed by atoms with van der Waals surface area (Å²) in [6.07, 6.45) is 1.72. The molecule has 4 heteroatoms. The number of benzene rings is 1. The van der Waals surface area contributed by atoms with Crippen LogP contribution < -0.4 is 5.32 Å². The Balaban J connectivity index is 1.72. The summed E-state index contributed by atoms with van der Waals surface area (Å²) in [5.41, 5.74) is 2.58. The number of nitrogens with one attached hydrogen (secondary N) is 1. The Labute approximate surface area is 127 Å². The summed E-state index contributed by atoms with van der Waals surface area (Å²) in [7, 11) is 0. The number of carbonyl (C=O) groups excluding carboxylic acids is 1. The fourth-order valence-corrected chi connectivity index (χ4v) is 2.76. The maximum absolute atomic E-state index is 12.2. The molecule has 1 aromatic carbocycles. The van der Waals surface area contributed by atoms with E-state index in [9.17, 15) is 4.79 Å². The molecule has 0 bridgehead atoms. The highest BCUT2D eigenvalue weighted by molar-refractivity contribution is 7.13. The van der Waals surface area contributed by atoms with Gasteiger partial charge in [0.1, 0.15) is 0 Å².